The second-order valence-electron chi connectivity index (χ2n) is 13.5. The van der Waals surface area contributed by atoms with Crippen LogP contribution in [0.3, 0.4) is 0 Å². The number of carboxylic acid groups (broad SMARTS) is 1. The number of carbonyl (C=O) groups is 7. The summed E-state index contributed by atoms with van der Waals surface area (Å²) < 4.78 is 5.25. The molecule has 1 heterocycles. The SMILES string of the molecule is CCC(=O)N[C@@H](Cc1c(ONC(=O)OC(C)(C)C)[nH]c2ccccc12)C(=O)N[C@@H](CCSC)C(=O)N[C@@H](CC(=O)O)C(=O)N[C@@H](Cc1ccccc1)C(N)=O. The third-order valence-electron chi connectivity index (χ3n) is 7.99. The van der Waals surface area contributed by atoms with Gasteiger partial charge in [-0.25, -0.2) is 4.79 Å². The van der Waals surface area contributed by atoms with Crippen molar-refractivity contribution in [1.82, 2.24) is 31.7 Å². The lowest BCUT2D eigenvalue weighted by Gasteiger charge is -2.26. The Morgan fingerprint density at radius 1 is 0.818 bits per heavy atom. The van der Waals surface area contributed by atoms with Crippen LogP contribution in [-0.4, -0.2) is 93.5 Å². The zero-order valence-electron chi connectivity index (χ0n) is 31.4. The van der Waals surface area contributed by atoms with Gasteiger partial charge in [0.05, 0.1) is 6.42 Å². The van der Waals surface area contributed by atoms with E-state index in [1.807, 2.05) is 0 Å². The van der Waals surface area contributed by atoms with Gasteiger partial charge in [-0.1, -0.05) is 55.5 Å². The molecule has 0 aliphatic heterocycles. The minimum atomic E-state index is -1.64. The predicted molar refractivity (Wildman–Crippen MR) is 205 cm³/mol. The highest BCUT2D eigenvalue weighted by molar-refractivity contribution is 7.98. The molecule has 55 heavy (non-hydrogen) atoms. The first-order valence-electron chi connectivity index (χ1n) is 17.5. The Morgan fingerprint density at radius 3 is 2.04 bits per heavy atom. The van der Waals surface area contributed by atoms with E-state index in [9.17, 15) is 38.7 Å². The van der Waals surface area contributed by atoms with E-state index in [4.69, 9.17) is 15.3 Å². The Labute approximate surface area is 322 Å². The zero-order chi connectivity index (χ0) is 40.7. The van der Waals surface area contributed by atoms with Crippen molar-refractivity contribution in [2.75, 3.05) is 12.0 Å². The number of hydrogen-bond donors (Lipinski definition) is 8. The number of rotatable bonds is 20. The van der Waals surface area contributed by atoms with Crippen molar-refractivity contribution in [1.29, 1.82) is 0 Å². The van der Waals surface area contributed by atoms with Gasteiger partial charge in [0.25, 0.3) is 0 Å². The maximum Gasteiger partial charge on any atom is 0.441 e. The number of para-hydroxylation sites is 1. The van der Waals surface area contributed by atoms with E-state index in [0.717, 1.165) is 0 Å². The molecule has 0 saturated heterocycles. The van der Waals surface area contributed by atoms with Gasteiger partial charge in [0, 0.05) is 35.7 Å². The van der Waals surface area contributed by atoms with Crippen molar-refractivity contribution >= 4 is 64.3 Å². The Kier molecular flexibility index (Phi) is 16.4. The number of aliphatic carboxylic acids is 1. The van der Waals surface area contributed by atoms with Crippen molar-refractivity contribution < 1.29 is 48.2 Å². The molecule has 4 atom stereocenters. The summed E-state index contributed by atoms with van der Waals surface area (Å²) in [6.07, 6.45) is 0.0187. The van der Waals surface area contributed by atoms with Gasteiger partial charge in [0.15, 0.2) is 0 Å². The van der Waals surface area contributed by atoms with Crippen LogP contribution in [0.15, 0.2) is 54.6 Å². The molecule has 0 aliphatic rings. The monoisotopic (exact) mass is 783 g/mol. The molecule has 3 rings (SSSR count). The number of benzene rings is 2. The molecule has 3 aromatic rings. The molecular formula is C37H49N7O10S. The molecule has 17 nitrogen and oxygen atoms in total. The van der Waals surface area contributed by atoms with E-state index in [1.54, 1.807) is 88.5 Å². The number of hydroxylamine groups is 1. The summed E-state index contributed by atoms with van der Waals surface area (Å²) in [5, 5.41) is 20.4. The number of H-pyrrole nitrogens is 1. The Morgan fingerprint density at radius 2 is 1.42 bits per heavy atom. The third kappa shape index (κ3) is 14.2. The summed E-state index contributed by atoms with van der Waals surface area (Å²) in [7, 11) is 0. The van der Waals surface area contributed by atoms with E-state index in [1.165, 1.54) is 11.8 Å². The smallest absolute Gasteiger partial charge is 0.441 e. The van der Waals surface area contributed by atoms with Crippen LogP contribution in [0.4, 0.5) is 4.79 Å². The molecule has 298 valence electrons. The minimum Gasteiger partial charge on any atom is -0.481 e. The lowest BCUT2D eigenvalue weighted by atomic mass is 10.0. The van der Waals surface area contributed by atoms with Gasteiger partial charge in [-0.3, -0.25) is 28.8 Å². The molecule has 18 heteroatoms. The molecular weight excluding hydrogens is 735 g/mol. The molecule has 0 saturated carbocycles. The summed E-state index contributed by atoms with van der Waals surface area (Å²) in [5.74, 6) is -4.93. The number of primary amides is 1. The van der Waals surface area contributed by atoms with Crippen LogP contribution in [0, 0.1) is 0 Å². The molecule has 0 aliphatic carbocycles. The summed E-state index contributed by atoms with van der Waals surface area (Å²) in [6, 6.07) is 10.3. The van der Waals surface area contributed by atoms with Gasteiger partial charge < -0.3 is 46.7 Å². The lowest BCUT2D eigenvalue weighted by Crippen LogP contribution is -2.59. The number of carbonyl (C=O) groups excluding carboxylic acids is 6. The maximum absolute atomic E-state index is 14.0. The second-order valence-corrected chi connectivity index (χ2v) is 14.5. The van der Waals surface area contributed by atoms with Crippen molar-refractivity contribution in [3.63, 3.8) is 0 Å². The maximum atomic E-state index is 14.0. The number of aromatic amines is 1. The fraction of sp³-hybridized carbons (Fsp3) is 0.432. The number of hydrogen-bond acceptors (Lipinski definition) is 10. The molecule has 0 radical (unpaired) electrons. The summed E-state index contributed by atoms with van der Waals surface area (Å²) in [4.78, 5) is 98.7. The van der Waals surface area contributed by atoms with Crippen LogP contribution in [0.5, 0.6) is 5.88 Å². The van der Waals surface area contributed by atoms with E-state index in [2.05, 4.69) is 31.7 Å². The minimum absolute atomic E-state index is 0.0210. The number of nitrogens with two attached hydrogens (primary N) is 1. The third-order valence-corrected chi connectivity index (χ3v) is 8.63. The Bertz CT molecular complexity index is 1830. The quantitative estimate of drug-likeness (QED) is 0.0767. The van der Waals surface area contributed by atoms with Crippen molar-refractivity contribution in [2.45, 2.75) is 89.6 Å². The first-order valence-corrected chi connectivity index (χ1v) is 18.9. The first-order chi connectivity index (χ1) is 26.0. The number of thioether (sulfide) groups is 1. The second kappa shape index (κ2) is 20.6. The molecule has 0 fully saturated rings. The van der Waals surface area contributed by atoms with Gasteiger partial charge >= 0.3 is 12.1 Å². The van der Waals surface area contributed by atoms with Crippen molar-refractivity contribution in [3.05, 3.63) is 65.7 Å². The lowest BCUT2D eigenvalue weighted by molar-refractivity contribution is -0.141. The molecule has 9 N–H and O–H groups in total. The average molecular weight is 784 g/mol. The van der Waals surface area contributed by atoms with Gasteiger partial charge in [0.1, 0.15) is 29.8 Å². The van der Waals surface area contributed by atoms with Crippen LogP contribution in [0.1, 0.15) is 58.1 Å². The van der Waals surface area contributed by atoms with Crippen LogP contribution >= 0.6 is 11.8 Å². The molecule has 0 unspecified atom stereocenters. The van der Waals surface area contributed by atoms with Gasteiger partial charge in [-0.2, -0.15) is 17.2 Å². The standard InChI is InChI=1S/C37H49N7O10S/c1-6-29(45)39-27(19-23-22-14-10-11-15-24(22)43-35(23)54-44-36(52)53-37(2,3)4)33(50)40-25(16-17-55-5)32(49)42-28(20-30(46)47)34(51)41-26(31(38)48)18-21-12-8-7-9-13-21/h7-15,25-28,43H,6,16-20H2,1-5H3,(H2,38,48)(H,39,45)(H,40,50)(H,41,51)(H,42,49)(H,44,52)(H,46,47)/t25-,26-,27-,28-/m0/s1. The molecule has 0 spiro atoms. The predicted octanol–water partition coefficient (Wildman–Crippen LogP) is 1.83. The van der Waals surface area contributed by atoms with Gasteiger partial charge in [-0.05, 0) is 50.8 Å². The molecule has 0 bridgehead atoms. The largest absolute Gasteiger partial charge is 0.481 e. The topological polar surface area (TPSA) is 260 Å². The van der Waals surface area contributed by atoms with Crippen molar-refractivity contribution in [2.24, 2.45) is 5.73 Å². The van der Waals surface area contributed by atoms with Gasteiger partial charge in [-0.15, -0.1) is 0 Å². The molecule has 6 amide bonds. The summed E-state index contributed by atoms with van der Waals surface area (Å²) >= 11 is 1.37. The van der Waals surface area contributed by atoms with Crippen LogP contribution in [0.2, 0.25) is 0 Å². The number of fused-ring (bicyclic) bond motifs is 1. The normalized spacial score (nSPS) is 13.3. The number of nitrogens with one attached hydrogen (secondary N) is 6. The van der Waals surface area contributed by atoms with Crippen LogP contribution < -0.4 is 37.3 Å². The fourth-order valence-electron chi connectivity index (χ4n) is 5.34. The van der Waals surface area contributed by atoms with Gasteiger partial charge in [0.2, 0.25) is 35.4 Å². The van der Waals surface area contributed by atoms with Crippen LogP contribution in [-0.2, 0) is 46.3 Å². The highest BCUT2D eigenvalue weighted by Gasteiger charge is 2.33. The highest BCUT2D eigenvalue weighted by Crippen LogP contribution is 2.29. The van der Waals surface area contributed by atoms with Crippen molar-refractivity contribution in [3.8, 4) is 5.88 Å². The highest BCUT2D eigenvalue weighted by atomic mass is 32.2. The number of aromatic nitrogens is 1. The number of amides is 6. The summed E-state index contributed by atoms with van der Waals surface area (Å²) in [5.41, 5.74) is 8.63. The molecule has 2 aromatic carbocycles. The summed E-state index contributed by atoms with van der Waals surface area (Å²) in [6.45, 7) is 6.64. The zero-order valence-corrected chi connectivity index (χ0v) is 32.2. The molecule has 1 aromatic heterocycles. The van der Waals surface area contributed by atoms with E-state index in [-0.39, 0.29) is 31.6 Å². The van der Waals surface area contributed by atoms with E-state index >= 15 is 0 Å². The Hall–Kier alpha value is -5.78. The van der Waals surface area contributed by atoms with E-state index in [0.29, 0.717) is 27.8 Å². The fourth-order valence-corrected chi connectivity index (χ4v) is 5.82. The van der Waals surface area contributed by atoms with Crippen LogP contribution in [0.25, 0.3) is 10.9 Å². The van der Waals surface area contributed by atoms with E-state index < -0.39 is 77.8 Å². The Balaban J connectivity index is 1.86. The first kappa shape index (κ1) is 43.6. The average Bonchev–Trinajstić information content (AvgIpc) is 3.47. The number of carboxylic acids is 1. The number of ether oxygens (including phenoxy) is 1.